The van der Waals surface area contributed by atoms with Gasteiger partial charge in [-0.05, 0) is 31.2 Å². The Balaban J connectivity index is 2.49. The molecule has 1 aromatic heterocycles. The molecule has 0 aliphatic rings. The van der Waals surface area contributed by atoms with Crippen LogP contribution in [0.5, 0.6) is 0 Å². The molecule has 0 aliphatic heterocycles. The summed E-state index contributed by atoms with van der Waals surface area (Å²) in [4.78, 5) is 7.00. The van der Waals surface area contributed by atoms with Gasteiger partial charge in [-0.15, -0.1) is 0 Å². The van der Waals surface area contributed by atoms with E-state index in [1.807, 2.05) is 6.92 Å². The number of nitrogen functional groups attached to an aromatic ring is 1. The van der Waals surface area contributed by atoms with Crippen LogP contribution in [-0.2, 0) is 0 Å². The monoisotopic (exact) mass is 191 g/mol. The van der Waals surface area contributed by atoms with Gasteiger partial charge < -0.3 is 10.7 Å². The number of H-pyrrole nitrogens is 1. The van der Waals surface area contributed by atoms with Crippen molar-refractivity contribution < 1.29 is 4.39 Å². The number of aromatic nitrogens is 2. The van der Waals surface area contributed by atoms with Crippen molar-refractivity contribution in [3.05, 3.63) is 35.8 Å². The van der Waals surface area contributed by atoms with E-state index < -0.39 is 0 Å². The number of hydrogen-bond donors (Lipinski definition) is 2. The highest BCUT2D eigenvalue weighted by Gasteiger charge is 2.06. The van der Waals surface area contributed by atoms with Crippen LogP contribution in [0.2, 0.25) is 0 Å². The number of rotatable bonds is 1. The predicted octanol–water partition coefficient (Wildman–Crippen LogP) is 2.11. The van der Waals surface area contributed by atoms with Crippen LogP contribution in [0.3, 0.4) is 0 Å². The maximum Gasteiger partial charge on any atom is 0.198 e. The van der Waals surface area contributed by atoms with Crippen LogP contribution in [0, 0.1) is 12.7 Å². The summed E-state index contributed by atoms with van der Waals surface area (Å²) < 4.78 is 12.7. The second-order valence-corrected chi connectivity index (χ2v) is 3.10. The van der Waals surface area contributed by atoms with Gasteiger partial charge in [-0.25, -0.2) is 9.37 Å². The Kier molecular flexibility index (Phi) is 1.96. The van der Waals surface area contributed by atoms with Gasteiger partial charge in [-0.2, -0.15) is 0 Å². The van der Waals surface area contributed by atoms with Gasteiger partial charge in [-0.1, -0.05) is 0 Å². The topological polar surface area (TPSA) is 54.7 Å². The second-order valence-electron chi connectivity index (χ2n) is 3.10. The van der Waals surface area contributed by atoms with Crippen LogP contribution in [0.4, 0.5) is 10.3 Å². The zero-order valence-electron chi connectivity index (χ0n) is 7.71. The van der Waals surface area contributed by atoms with E-state index in [4.69, 9.17) is 5.73 Å². The van der Waals surface area contributed by atoms with Crippen molar-refractivity contribution in [1.82, 2.24) is 9.97 Å². The molecule has 3 N–H and O–H groups in total. The summed E-state index contributed by atoms with van der Waals surface area (Å²) in [5.41, 5.74) is 8.01. The van der Waals surface area contributed by atoms with Gasteiger partial charge in [0, 0.05) is 11.3 Å². The molecule has 0 aliphatic carbocycles. The number of anilines is 1. The first-order valence-electron chi connectivity index (χ1n) is 4.25. The maximum atomic E-state index is 12.7. The fourth-order valence-corrected chi connectivity index (χ4v) is 1.37. The standard InChI is InChI=1S/C10H10FN3/c1-6-9(14-10(12)13-6)7-2-4-8(11)5-3-7/h2-5H,1H3,(H3,12,13,14). The van der Waals surface area contributed by atoms with Crippen LogP contribution in [-0.4, -0.2) is 9.97 Å². The van der Waals surface area contributed by atoms with Crippen molar-refractivity contribution in [3.63, 3.8) is 0 Å². The molecule has 0 atom stereocenters. The molecule has 72 valence electrons. The first kappa shape index (κ1) is 8.74. The van der Waals surface area contributed by atoms with Crippen LogP contribution in [0.1, 0.15) is 5.69 Å². The second kappa shape index (κ2) is 3.14. The molecule has 14 heavy (non-hydrogen) atoms. The van der Waals surface area contributed by atoms with E-state index in [-0.39, 0.29) is 5.82 Å². The summed E-state index contributed by atoms with van der Waals surface area (Å²) in [6.45, 7) is 1.88. The van der Waals surface area contributed by atoms with E-state index in [9.17, 15) is 4.39 Å². The number of nitrogens with two attached hydrogens (primary N) is 1. The Hall–Kier alpha value is -1.84. The van der Waals surface area contributed by atoms with E-state index in [1.54, 1.807) is 12.1 Å². The third kappa shape index (κ3) is 1.46. The van der Waals surface area contributed by atoms with Gasteiger partial charge >= 0.3 is 0 Å². The van der Waals surface area contributed by atoms with Crippen molar-refractivity contribution in [3.8, 4) is 11.3 Å². The van der Waals surface area contributed by atoms with E-state index in [2.05, 4.69) is 9.97 Å². The lowest BCUT2D eigenvalue weighted by molar-refractivity contribution is 0.628. The lowest BCUT2D eigenvalue weighted by Crippen LogP contribution is -1.85. The fraction of sp³-hybridized carbons (Fsp3) is 0.100. The molecule has 0 saturated carbocycles. The van der Waals surface area contributed by atoms with E-state index in [0.29, 0.717) is 5.95 Å². The average Bonchev–Trinajstić information content (AvgIpc) is 2.47. The fourth-order valence-electron chi connectivity index (χ4n) is 1.37. The first-order chi connectivity index (χ1) is 6.66. The van der Waals surface area contributed by atoms with Crippen molar-refractivity contribution in [2.24, 2.45) is 0 Å². The zero-order chi connectivity index (χ0) is 10.1. The quantitative estimate of drug-likeness (QED) is 0.725. The molecule has 0 amide bonds. The third-order valence-corrected chi connectivity index (χ3v) is 2.02. The number of aromatic amines is 1. The highest BCUT2D eigenvalue weighted by molar-refractivity contribution is 5.63. The largest absolute Gasteiger partial charge is 0.369 e. The summed E-state index contributed by atoms with van der Waals surface area (Å²) in [6.07, 6.45) is 0. The molecule has 2 aromatic rings. The van der Waals surface area contributed by atoms with Crippen molar-refractivity contribution in [1.29, 1.82) is 0 Å². The number of nitrogens with zero attached hydrogens (tertiary/aromatic N) is 1. The molecule has 4 heteroatoms. The Morgan fingerprint density at radius 3 is 2.43 bits per heavy atom. The van der Waals surface area contributed by atoms with E-state index in [1.165, 1.54) is 12.1 Å². The highest BCUT2D eigenvalue weighted by Crippen LogP contribution is 2.21. The van der Waals surface area contributed by atoms with Crippen molar-refractivity contribution >= 4 is 5.95 Å². The van der Waals surface area contributed by atoms with Crippen LogP contribution >= 0.6 is 0 Å². The van der Waals surface area contributed by atoms with Gasteiger partial charge in [0.2, 0.25) is 0 Å². The Labute approximate surface area is 80.8 Å². The Morgan fingerprint density at radius 1 is 1.29 bits per heavy atom. The molecule has 0 saturated heterocycles. The minimum absolute atomic E-state index is 0.255. The van der Waals surface area contributed by atoms with Crippen LogP contribution in [0.15, 0.2) is 24.3 Å². The number of halogens is 1. The minimum Gasteiger partial charge on any atom is -0.369 e. The molecule has 0 spiro atoms. The molecule has 1 heterocycles. The third-order valence-electron chi connectivity index (χ3n) is 2.02. The van der Waals surface area contributed by atoms with Gasteiger partial charge in [0.1, 0.15) is 5.82 Å². The molecule has 3 nitrogen and oxygen atoms in total. The SMILES string of the molecule is Cc1[nH]c(N)nc1-c1ccc(F)cc1. The zero-order valence-corrected chi connectivity index (χ0v) is 7.71. The number of aryl methyl sites for hydroxylation is 1. The number of benzene rings is 1. The molecular weight excluding hydrogens is 181 g/mol. The van der Waals surface area contributed by atoms with E-state index in [0.717, 1.165) is 17.0 Å². The highest BCUT2D eigenvalue weighted by atomic mass is 19.1. The van der Waals surface area contributed by atoms with E-state index >= 15 is 0 Å². The normalized spacial score (nSPS) is 10.4. The molecule has 0 radical (unpaired) electrons. The summed E-state index contributed by atoms with van der Waals surface area (Å²) in [5.74, 6) is 0.122. The van der Waals surface area contributed by atoms with Crippen molar-refractivity contribution in [2.45, 2.75) is 6.92 Å². The van der Waals surface area contributed by atoms with Gasteiger partial charge in [-0.3, -0.25) is 0 Å². The van der Waals surface area contributed by atoms with Gasteiger partial charge in [0.25, 0.3) is 0 Å². The molecule has 0 fully saturated rings. The Morgan fingerprint density at radius 2 is 1.93 bits per heavy atom. The smallest absolute Gasteiger partial charge is 0.198 e. The van der Waals surface area contributed by atoms with Gasteiger partial charge in [0.15, 0.2) is 5.95 Å². The summed E-state index contributed by atoms with van der Waals surface area (Å²) >= 11 is 0. The molecule has 1 aromatic carbocycles. The van der Waals surface area contributed by atoms with Crippen LogP contribution < -0.4 is 5.73 Å². The first-order valence-corrected chi connectivity index (χ1v) is 4.25. The summed E-state index contributed by atoms with van der Waals surface area (Å²) in [7, 11) is 0. The number of nitrogens with one attached hydrogen (secondary N) is 1. The summed E-state index contributed by atoms with van der Waals surface area (Å²) in [6, 6.07) is 6.16. The average molecular weight is 191 g/mol. The maximum absolute atomic E-state index is 12.7. The lowest BCUT2D eigenvalue weighted by Gasteiger charge is -1.97. The van der Waals surface area contributed by atoms with Crippen molar-refractivity contribution in [2.75, 3.05) is 5.73 Å². The number of hydrogen-bond acceptors (Lipinski definition) is 2. The van der Waals surface area contributed by atoms with Crippen LogP contribution in [0.25, 0.3) is 11.3 Å². The predicted molar refractivity (Wildman–Crippen MR) is 53.1 cm³/mol. The Bertz CT molecular complexity index is 445. The molecule has 0 bridgehead atoms. The lowest BCUT2D eigenvalue weighted by atomic mass is 10.1. The summed E-state index contributed by atoms with van der Waals surface area (Å²) in [5, 5.41) is 0. The molecule has 0 unspecified atom stereocenters. The molecule has 2 rings (SSSR count). The minimum atomic E-state index is -0.255. The molecular formula is C10H10FN3. The number of imidazole rings is 1. The van der Waals surface area contributed by atoms with Gasteiger partial charge in [0.05, 0.1) is 5.69 Å².